The molecule has 9 heteroatoms. The summed E-state index contributed by atoms with van der Waals surface area (Å²) in [5.41, 5.74) is 2.34. The molecule has 4 aromatic rings. The van der Waals surface area contributed by atoms with E-state index in [1.54, 1.807) is 12.3 Å². The molecule has 2 N–H and O–H groups in total. The molecule has 0 radical (unpaired) electrons. The van der Waals surface area contributed by atoms with Crippen LogP contribution in [0.3, 0.4) is 0 Å². The normalized spacial score (nSPS) is 15.5. The van der Waals surface area contributed by atoms with Gasteiger partial charge >= 0.3 is 0 Å². The zero-order valence-corrected chi connectivity index (χ0v) is 20.9. The minimum atomic E-state index is -0.139. The molecule has 1 amide bonds. The van der Waals surface area contributed by atoms with Crippen LogP contribution in [-0.2, 0) is 4.79 Å². The zero-order chi connectivity index (χ0) is 25.6. The van der Waals surface area contributed by atoms with Crippen LogP contribution in [0.25, 0.3) is 11.0 Å². The maximum atomic E-state index is 12.5. The molecule has 0 aliphatic carbocycles. The summed E-state index contributed by atoms with van der Waals surface area (Å²) in [4.78, 5) is 20.7. The van der Waals surface area contributed by atoms with Crippen molar-refractivity contribution in [2.45, 2.75) is 12.5 Å². The third kappa shape index (κ3) is 6.07. The van der Waals surface area contributed by atoms with E-state index < -0.39 is 0 Å². The highest BCUT2D eigenvalue weighted by molar-refractivity contribution is 5.95. The SMILES string of the molecule is CN(C)CC=CC(=O)N1CCC(Oc2n[nH]c3nccc(Nc4ccc(Oc5ccccc5)cc4)c23)C1. The quantitative estimate of drug-likeness (QED) is 0.326. The van der Waals surface area contributed by atoms with Crippen molar-refractivity contribution in [1.29, 1.82) is 0 Å². The number of ether oxygens (including phenoxy) is 2. The molecule has 1 aliphatic rings. The van der Waals surface area contributed by atoms with E-state index in [0.29, 0.717) is 24.6 Å². The van der Waals surface area contributed by atoms with Gasteiger partial charge in [-0.25, -0.2) is 4.98 Å². The van der Waals surface area contributed by atoms with Crippen LogP contribution in [0.15, 0.2) is 79.0 Å². The first kappa shape index (κ1) is 24.3. The highest BCUT2D eigenvalue weighted by Gasteiger charge is 2.28. The minimum absolute atomic E-state index is 0.00329. The van der Waals surface area contributed by atoms with Gasteiger partial charge in [0.25, 0.3) is 0 Å². The van der Waals surface area contributed by atoms with Gasteiger partial charge in [0, 0.05) is 37.5 Å². The van der Waals surface area contributed by atoms with Crippen molar-refractivity contribution < 1.29 is 14.3 Å². The number of H-pyrrole nitrogens is 1. The maximum Gasteiger partial charge on any atom is 0.246 e. The van der Waals surface area contributed by atoms with Gasteiger partial charge in [-0.15, -0.1) is 5.10 Å². The Morgan fingerprint density at radius 2 is 1.92 bits per heavy atom. The van der Waals surface area contributed by atoms with Gasteiger partial charge in [-0.05, 0) is 56.6 Å². The Labute approximate surface area is 215 Å². The highest BCUT2D eigenvalue weighted by Crippen LogP contribution is 2.33. The lowest BCUT2D eigenvalue weighted by molar-refractivity contribution is -0.125. The topological polar surface area (TPSA) is 95.6 Å². The van der Waals surface area contributed by atoms with E-state index >= 15 is 0 Å². The van der Waals surface area contributed by atoms with E-state index in [1.807, 2.05) is 90.6 Å². The molecule has 1 fully saturated rings. The lowest BCUT2D eigenvalue weighted by atomic mass is 10.2. The number of aromatic nitrogens is 3. The first-order valence-electron chi connectivity index (χ1n) is 12.2. The van der Waals surface area contributed by atoms with E-state index in [2.05, 4.69) is 20.5 Å². The van der Waals surface area contributed by atoms with Gasteiger partial charge in [0.15, 0.2) is 5.65 Å². The van der Waals surface area contributed by atoms with E-state index in [4.69, 9.17) is 9.47 Å². The molecule has 3 heterocycles. The van der Waals surface area contributed by atoms with Crippen LogP contribution in [0.5, 0.6) is 17.4 Å². The van der Waals surface area contributed by atoms with Gasteiger partial charge in [-0.1, -0.05) is 24.3 Å². The van der Waals surface area contributed by atoms with Crippen LogP contribution in [0.4, 0.5) is 11.4 Å². The molecule has 37 heavy (non-hydrogen) atoms. The van der Waals surface area contributed by atoms with Crippen LogP contribution in [0.2, 0.25) is 0 Å². The monoisotopic (exact) mass is 498 g/mol. The molecule has 0 spiro atoms. The fourth-order valence-corrected chi connectivity index (χ4v) is 4.15. The Balaban J connectivity index is 1.25. The average molecular weight is 499 g/mol. The lowest BCUT2D eigenvalue weighted by Crippen LogP contribution is -2.29. The number of pyridine rings is 1. The molecule has 1 atom stereocenters. The number of fused-ring (bicyclic) bond motifs is 1. The Morgan fingerprint density at radius 3 is 2.70 bits per heavy atom. The molecular weight excluding hydrogens is 468 g/mol. The number of para-hydroxylation sites is 1. The van der Waals surface area contributed by atoms with E-state index in [0.717, 1.165) is 41.2 Å². The smallest absolute Gasteiger partial charge is 0.246 e. The van der Waals surface area contributed by atoms with Crippen molar-refractivity contribution in [3.8, 4) is 17.4 Å². The number of hydrogen-bond donors (Lipinski definition) is 2. The van der Waals surface area contributed by atoms with E-state index in [1.165, 1.54) is 0 Å². The fraction of sp³-hybridized carbons (Fsp3) is 0.250. The minimum Gasteiger partial charge on any atom is -0.471 e. The van der Waals surface area contributed by atoms with Gasteiger partial charge < -0.3 is 24.6 Å². The molecule has 2 aromatic heterocycles. The van der Waals surface area contributed by atoms with Crippen LogP contribution < -0.4 is 14.8 Å². The Kier molecular flexibility index (Phi) is 7.32. The fourth-order valence-electron chi connectivity index (χ4n) is 4.15. The first-order valence-corrected chi connectivity index (χ1v) is 12.2. The lowest BCUT2D eigenvalue weighted by Gasteiger charge is -2.15. The maximum absolute atomic E-state index is 12.5. The van der Waals surface area contributed by atoms with Crippen LogP contribution in [-0.4, -0.2) is 70.7 Å². The number of carbonyl (C=O) groups is 1. The molecule has 1 aliphatic heterocycles. The van der Waals surface area contributed by atoms with Gasteiger partial charge in [-0.3, -0.25) is 9.89 Å². The number of likely N-dealkylation sites (N-methyl/N-ethyl adjacent to an activating group) is 1. The Hall–Kier alpha value is -4.37. The summed E-state index contributed by atoms with van der Waals surface area (Å²) < 4.78 is 12.1. The Bertz CT molecular complexity index is 1370. The number of carbonyl (C=O) groups excluding carboxylic acids is 1. The number of likely N-dealkylation sites (tertiary alicyclic amines) is 1. The first-order chi connectivity index (χ1) is 18.0. The largest absolute Gasteiger partial charge is 0.471 e. The predicted octanol–water partition coefficient (Wildman–Crippen LogP) is 4.59. The highest BCUT2D eigenvalue weighted by atomic mass is 16.5. The molecule has 1 unspecified atom stereocenters. The number of nitrogens with one attached hydrogen (secondary N) is 2. The van der Waals surface area contributed by atoms with Crippen LogP contribution >= 0.6 is 0 Å². The van der Waals surface area contributed by atoms with E-state index in [-0.39, 0.29) is 12.0 Å². The molecule has 1 saturated heterocycles. The summed E-state index contributed by atoms with van der Waals surface area (Å²) in [7, 11) is 3.94. The summed E-state index contributed by atoms with van der Waals surface area (Å²) in [6.45, 7) is 1.90. The molecule has 5 rings (SSSR count). The standard InChI is InChI=1S/C28H30N6O3/c1-33(2)17-6-9-25(35)34-18-15-23(19-34)37-28-26-24(14-16-29-27(26)31-32-28)30-20-10-12-22(13-11-20)36-21-7-4-3-5-8-21/h3-14,16,23H,15,17-19H2,1-2H3,(H2,29,30,31,32). The number of nitrogens with zero attached hydrogens (tertiary/aromatic N) is 4. The van der Waals surface area contributed by atoms with Crippen LogP contribution in [0.1, 0.15) is 6.42 Å². The zero-order valence-electron chi connectivity index (χ0n) is 20.9. The second kappa shape index (κ2) is 11.1. The van der Waals surface area contributed by atoms with Gasteiger partial charge in [-0.2, -0.15) is 0 Å². The summed E-state index contributed by atoms with van der Waals surface area (Å²) in [6.07, 6.45) is 5.83. The molecular formula is C28H30N6O3. The third-order valence-corrected chi connectivity index (χ3v) is 6.01. The third-order valence-electron chi connectivity index (χ3n) is 6.01. The molecule has 9 nitrogen and oxygen atoms in total. The Morgan fingerprint density at radius 1 is 1.14 bits per heavy atom. The van der Waals surface area contributed by atoms with Crippen LogP contribution in [0, 0.1) is 0 Å². The molecule has 2 aromatic carbocycles. The van der Waals surface area contributed by atoms with Crippen molar-refractivity contribution in [1.82, 2.24) is 25.0 Å². The number of benzene rings is 2. The summed E-state index contributed by atoms with van der Waals surface area (Å²) >= 11 is 0. The summed E-state index contributed by atoms with van der Waals surface area (Å²) in [5.74, 6) is 2.01. The number of aromatic amines is 1. The second-order valence-electron chi connectivity index (χ2n) is 9.15. The average Bonchev–Trinajstić information content (AvgIpc) is 3.54. The number of anilines is 2. The number of hydrogen-bond acceptors (Lipinski definition) is 7. The van der Waals surface area contributed by atoms with Gasteiger partial charge in [0.2, 0.25) is 11.8 Å². The molecule has 0 saturated carbocycles. The number of rotatable bonds is 9. The van der Waals surface area contributed by atoms with Gasteiger partial charge in [0.05, 0.1) is 12.2 Å². The van der Waals surface area contributed by atoms with Crippen molar-refractivity contribution in [2.75, 3.05) is 39.0 Å². The molecule has 0 bridgehead atoms. The van der Waals surface area contributed by atoms with Gasteiger partial charge in [0.1, 0.15) is 23.0 Å². The summed E-state index contributed by atoms with van der Waals surface area (Å²) in [6, 6.07) is 19.3. The van der Waals surface area contributed by atoms with Crippen molar-refractivity contribution in [3.63, 3.8) is 0 Å². The van der Waals surface area contributed by atoms with E-state index in [9.17, 15) is 4.79 Å². The van der Waals surface area contributed by atoms with Crippen molar-refractivity contribution in [3.05, 3.63) is 79.0 Å². The molecule has 190 valence electrons. The van der Waals surface area contributed by atoms with Crippen molar-refractivity contribution in [2.24, 2.45) is 0 Å². The predicted molar refractivity (Wildman–Crippen MR) is 143 cm³/mol. The van der Waals surface area contributed by atoms with Crippen molar-refractivity contribution >= 4 is 28.3 Å². The number of amides is 1. The summed E-state index contributed by atoms with van der Waals surface area (Å²) in [5, 5.41) is 11.5. The second-order valence-corrected chi connectivity index (χ2v) is 9.15.